The fraction of sp³-hybridized carbons (Fsp3) is 0.429. The Bertz CT molecular complexity index is 896. The molecule has 1 aromatic carbocycles. The predicted octanol–water partition coefficient (Wildman–Crippen LogP) is 3.25. The molecule has 140 valence electrons. The second kappa shape index (κ2) is 8.81. The summed E-state index contributed by atoms with van der Waals surface area (Å²) in [4.78, 5) is 27.1. The maximum Gasteiger partial charge on any atom is 0.330 e. The molecule has 2 rings (SSSR count). The predicted molar refractivity (Wildman–Crippen MR) is 105 cm³/mol. The molecular formula is C21H28N2O3. The van der Waals surface area contributed by atoms with Gasteiger partial charge in [-0.3, -0.25) is 14.3 Å². The maximum absolute atomic E-state index is 12.4. The van der Waals surface area contributed by atoms with Gasteiger partial charge in [-0.25, -0.2) is 4.79 Å². The molecule has 0 aliphatic heterocycles. The van der Waals surface area contributed by atoms with Crippen molar-refractivity contribution in [2.45, 2.75) is 54.2 Å². The van der Waals surface area contributed by atoms with Crippen LogP contribution >= 0.6 is 0 Å². The largest absolute Gasteiger partial charge is 0.357 e. The molecule has 0 spiro atoms. The topological polar surface area (TPSA) is 64.1 Å². The number of aryl methyl sites for hydroxylation is 2. The van der Waals surface area contributed by atoms with Gasteiger partial charge in [0.25, 0.3) is 5.56 Å². The standard InChI is InChI=1S/C21H28N2O3/c1-6-18-19(12-17-10-15(4)9-16(5)11-17)23(21(25)22-20(18)24)13-26-8-7-14(2)3/h7,9-11H,6,8,12-13H2,1-5H3,(H,22,24,25). The van der Waals surface area contributed by atoms with Crippen LogP contribution in [0.15, 0.2) is 39.4 Å². The number of benzene rings is 1. The first-order valence-electron chi connectivity index (χ1n) is 8.95. The van der Waals surface area contributed by atoms with Gasteiger partial charge in [-0.2, -0.15) is 0 Å². The molecule has 0 fully saturated rings. The fourth-order valence-corrected chi connectivity index (χ4v) is 3.09. The van der Waals surface area contributed by atoms with Gasteiger partial charge in [0.1, 0.15) is 6.73 Å². The second-order valence-corrected chi connectivity index (χ2v) is 6.92. The highest BCUT2D eigenvalue weighted by molar-refractivity contribution is 5.33. The molecular weight excluding hydrogens is 328 g/mol. The van der Waals surface area contributed by atoms with Gasteiger partial charge >= 0.3 is 5.69 Å². The van der Waals surface area contributed by atoms with Crippen LogP contribution in [0, 0.1) is 13.8 Å². The van der Waals surface area contributed by atoms with Gasteiger partial charge in [0.05, 0.1) is 6.61 Å². The first-order chi connectivity index (χ1) is 12.3. The van der Waals surface area contributed by atoms with E-state index < -0.39 is 5.69 Å². The molecule has 0 amide bonds. The highest BCUT2D eigenvalue weighted by Gasteiger charge is 2.14. The lowest BCUT2D eigenvalue weighted by atomic mass is 10.0. The average molecular weight is 356 g/mol. The summed E-state index contributed by atoms with van der Waals surface area (Å²) in [5, 5.41) is 0. The number of nitrogens with zero attached hydrogens (tertiary/aromatic N) is 1. The van der Waals surface area contributed by atoms with E-state index in [1.165, 1.54) is 4.57 Å². The van der Waals surface area contributed by atoms with Crippen molar-refractivity contribution in [1.82, 2.24) is 9.55 Å². The number of hydrogen-bond donors (Lipinski definition) is 1. The van der Waals surface area contributed by atoms with Crippen LogP contribution in [-0.2, 0) is 24.3 Å². The fourth-order valence-electron chi connectivity index (χ4n) is 3.09. The zero-order chi connectivity index (χ0) is 19.3. The van der Waals surface area contributed by atoms with Gasteiger partial charge in [0, 0.05) is 17.7 Å². The molecule has 1 aromatic heterocycles. The summed E-state index contributed by atoms with van der Waals surface area (Å²) in [7, 11) is 0. The van der Waals surface area contributed by atoms with E-state index in [0.29, 0.717) is 25.0 Å². The number of H-pyrrole nitrogens is 1. The third kappa shape index (κ3) is 5.05. The van der Waals surface area contributed by atoms with E-state index >= 15 is 0 Å². The van der Waals surface area contributed by atoms with E-state index in [2.05, 4.69) is 23.2 Å². The van der Waals surface area contributed by atoms with Crippen molar-refractivity contribution in [3.63, 3.8) is 0 Å². The highest BCUT2D eigenvalue weighted by atomic mass is 16.5. The van der Waals surface area contributed by atoms with Gasteiger partial charge in [-0.15, -0.1) is 0 Å². The smallest absolute Gasteiger partial charge is 0.330 e. The van der Waals surface area contributed by atoms with Crippen molar-refractivity contribution in [3.8, 4) is 0 Å². The SMILES string of the molecule is CCc1c(Cc2cc(C)cc(C)c2)n(COCC=C(C)C)c(=O)[nH]c1=O. The first kappa shape index (κ1) is 19.9. The monoisotopic (exact) mass is 356 g/mol. The maximum atomic E-state index is 12.4. The van der Waals surface area contributed by atoms with Crippen LogP contribution in [0.25, 0.3) is 0 Å². The number of ether oxygens (including phenoxy) is 1. The van der Waals surface area contributed by atoms with E-state index in [0.717, 1.165) is 28.0 Å². The molecule has 0 atom stereocenters. The van der Waals surface area contributed by atoms with Gasteiger partial charge in [0.2, 0.25) is 0 Å². The minimum absolute atomic E-state index is 0.118. The molecule has 0 unspecified atom stereocenters. The molecule has 5 nitrogen and oxygen atoms in total. The van der Waals surface area contributed by atoms with E-state index in [4.69, 9.17) is 4.74 Å². The Labute approximate surface area is 154 Å². The summed E-state index contributed by atoms with van der Waals surface area (Å²) in [6.45, 7) is 10.6. The lowest BCUT2D eigenvalue weighted by Crippen LogP contribution is -2.36. The number of rotatable bonds is 7. The molecule has 1 N–H and O–H groups in total. The highest BCUT2D eigenvalue weighted by Crippen LogP contribution is 2.15. The summed E-state index contributed by atoms with van der Waals surface area (Å²) in [6.07, 6.45) is 3.04. The van der Waals surface area contributed by atoms with Gasteiger partial charge in [-0.1, -0.05) is 47.9 Å². The molecule has 2 aromatic rings. The molecule has 0 radical (unpaired) electrons. The van der Waals surface area contributed by atoms with E-state index in [1.54, 1.807) is 0 Å². The van der Waals surface area contributed by atoms with Crippen LogP contribution in [-0.4, -0.2) is 16.2 Å². The molecule has 0 bridgehead atoms. The Morgan fingerprint density at radius 2 is 1.81 bits per heavy atom. The number of nitrogens with one attached hydrogen (secondary N) is 1. The zero-order valence-electron chi connectivity index (χ0n) is 16.3. The summed E-state index contributed by atoms with van der Waals surface area (Å²) in [5.74, 6) is 0. The molecule has 0 aliphatic rings. The Hall–Kier alpha value is -2.40. The van der Waals surface area contributed by atoms with E-state index in [-0.39, 0.29) is 12.3 Å². The van der Waals surface area contributed by atoms with E-state index in [9.17, 15) is 9.59 Å². The van der Waals surface area contributed by atoms with Crippen molar-refractivity contribution in [2.24, 2.45) is 0 Å². The Morgan fingerprint density at radius 3 is 2.38 bits per heavy atom. The summed E-state index contributed by atoms with van der Waals surface area (Å²) >= 11 is 0. The van der Waals surface area contributed by atoms with Gasteiger partial charge < -0.3 is 4.74 Å². The average Bonchev–Trinajstić information content (AvgIpc) is 2.52. The summed E-state index contributed by atoms with van der Waals surface area (Å²) in [5.41, 5.74) is 5.19. The quantitative estimate of drug-likeness (QED) is 0.612. The van der Waals surface area contributed by atoms with Crippen molar-refractivity contribution in [2.75, 3.05) is 6.61 Å². The summed E-state index contributed by atoms with van der Waals surface area (Å²) in [6, 6.07) is 6.29. The zero-order valence-corrected chi connectivity index (χ0v) is 16.3. The van der Waals surface area contributed by atoms with Gasteiger partial charge in [0.15, 0.2) is 0 Å². The van der Waals surface area contributed by atoms with Crippen LogP contribution in [0.1, 0.15) is 48.7 Å². The van der Waals surface area contributed by atoms with Crippen LogP contribution in [0.2, 0.25) is 0 Å². The normalized spacial score (nSPS) is 10.8. The summed E-state index contributed by atoms with van der Waals surface area (Å²) < 4.78 is 7.18. The third-order valence-corrected chi connectivity index (χ3v) is 4.25. The number of allylic oxidation sites excluding steroid dienone is 1. The minimum atomic E-state index is -0.427. The molecule has 1 heterocycles. The minimum Gasteiger partial charge on any atom is -0.357 e. The number of hydrogen-bond acceptors (Lipinski definition) is 3. The Morgan fingerprint density at radius 1 is 1.15 bits per heavy atom. The van der Waals surface area contributed by atoms with Crippen LogP contribution in [0.3, 0.4) is 0 Å². The molecule has 0 aliphatic carbocycles. The lowest BCUT2D eigenvalue weighted by Gasteiger charge is -2.16. The molecule has 26 heavy (non-hydrogen) atoms. The van der Waals surface area contributed by atoms with Crippen molar-refractivity contribution < 1.29 is 4.74 Å². The van der Waals surface area contributed by atoms with Crippen molar-refractivity contribution >= 4 is 0 Å². The molecule has 0 saturated carbocycles. The van der Waals surface area contributed by atoms with Crippen molar-refractivity contribution in [1.29, 1.82) is 0 Å². The van der Waals surface area contributed by atoms with Crippen molar-refractivity contribution in [3.05, 3.63) is 78.6 Å². The van der Waals surface area contributed by atoms with E-state index in [1.807, 2.05) is 40.7 Å². The Kier molecular flexibility index (Phi) is 6.75. The van der Waals surface area contributed by atoms with Gasteiger partial charge in [-0.05, 0) is 39.7 Å². The van der Waals surface area contributed by atoms with Crippen LogP contribution < -0.4 is 11.2 Å². The third-order valence-electron chi connectivity index (χ3n) is 4.25. The molecule has 0 saturated heterocycles. The number of aromatic amines is 1. The lowest BCUT2D eigenvalue weighted by molar-refractivity contribution is 0.0938. The van der Waals surface area contributed by atoms with Crippen LogP contribution in [0.4, 0.5) is 0 Å². The number of aromatic nitrogens is 2. The first-order valence-corrected chi connectivity index (χ1v) is 8.95. The van der Waals surface area contributed by atoms with Crippen LogP contribution in [0.5, 0.6) is 0 Å². The second-order valence-electron chi connectivity index (χ2n) is 6.92. The Balaban J connectivity index is 2.45. The molecule has 5 heteroatoms.